The number of hydrogen-bond acceptors (Lipinski definition) is 2. The number of anilines is 3. The number of fused-ring (bicyclic) bond motifs is 12. The molecule has 0 unspecified atom stereocenters. The summed E-state index contributed by atoms with van der Waals surface area (Å²) in [6, 6.07) is 75.8. The lowest BCUT2D eigenvalue weighted by Gasteiger charge is -2.30. The summed E-state index contributed by atoms with van der Waals surface area (Å²) in [7, 11) is 0. The second-order valence-electron chi connectivity index (χ2n) is 19.6. The van der Waals surface area contributed by atoms with E-state index >= 15 is 0 Å². The highest BCUT2D eigenvalue weighted by molar-refractivity contribution is 7.25. The summed E-state index contributed by atoms with van der Waals surface area (Å²) in [6.07, 6.45) is 0. The molecule has 10 aromatic carbocycles. The number of benzene rings is 10. The van der Waals surface area contributed by atoms with Crippen molar-refractivity contribution < 1.29 is 0 Å². The van der Waals surface area contributed by atoms with Gasteiger partial charge in [-0.25, -0.2) is 0 Å². The van der Waals surface area contributed by atoms with Gasteiger partial charge < -0.3 is 4.90 Å². The van der Waals surface area contributed by atoms with Gasteiger partial charge in [-0.1, -0.05) is 167 Å². The van der Waals surface area contributed by atoms with Gasteiger partial charge in [0.05, 0.1) is 5.69 Å². The standard InChI is InChI=1S/C64H45NS/c1-63(2)55-34-40(38-13-6-5-7-14-38)21-26-46(55)48-28-24-42(36-57(48)63)65(59-31-30-52-45-16-9-8-15-44(45)51-18-12-19-53(59)62(51)52)43-25-29-49-47-27-22-41(35-56(47)64(3,4)58(49)37-43)39-23-32-61-54(33-39)50-17-10-11-20-60(50)66-61/h5-37H,1-4H3. The minimum absolute atomic E-state index is 0.193. The molecule has 1 aromatic heterocycles. The van der Waals surface area contributed by atoms with Crippen molar-refractivity contribution in [3.05, 3.63) is 222 Å². The monoisotopic (exact) mass is 859 g/mol. The third-order valence-electron chi connectivity index (χ3n) is 15.4. The van der Waals surface area contributed by atoms with Crippen LogP contribution in [0.1, 0.15) is 49.9 Å². The van der Waals surface area contributed by atoms with Crippen LogP contribution in [0.4, 0.5) is 17.1 Å². The zero-order valence-electron chi connectivity index (χ0n) is 37.4. The third kappa shape index (κ3) is 5.22. The minimum atomic E-state index is -0.219. The van der Waals surface area contributed by atoms with E-state index in [1.54, 1.807) is 0 Å². The summed E-state index contributed by atoms with van der Waals surface area (Å²) < 4.78 is 2.68. The molecule has 0 aliphatic heterocycles. The van der Waals surface area contributed by atoms with Crippen LogP contribution in [-0.4, -0.2) is 0 Å². The van der Waals surface area contributed by atoms with E-state index in [-0.39, 0.29) is 10.8 Å². The van der Waals surface area contributed by atoms with Crippen LogP contribution in [0.2, 0.25) is 0 Å². The molecule has 3 aliphatic rings. The van der Waals surface area contributed by atoms with Crippen molar-refractivity contribution in [2.24, 2.45) is 0 Å². The molecule has 0 bridgehead atoms. The fourth-order valence-electron chi connectivity index (χ4n) is 12.0. The number of rotatable bonds is 5. The fraction of sp³-hybridized carbons (Fsp3) is 0.0938. The predicted octanol–water partition coefficient (Wildman–Crippen LogP) is 18.3. The van der Waals surface area contributed by atoms with E-state index in [0.717, 1.165) is 0 Å². The maximum absolute atomic E-state index is 2.55. The normalized spacial score (nSPS) is 14.3. The zero-order valence-corrected chi connectivity index (χ0v) is 38.2. The summed E-state index contributed by atoms with van der Waals surface area (Å²) in [5, 5.41) is 5.27. The van der Waals surface area contributed by atoms with Crippen molar-refractivity contribution in [3.63, 3.8) is 0 Å². The molecule has 312 valence electrons. The topological polar surface area (TPSA) is 3.24 Å². The molecule has 0 radical (unpaired) electrons. The van der Waals surface area contributed by atoms with Crippen LogP contribution in [0, 0.1) is 0 Å². The molecular formula is C64H45NS. The predicted molar refractivity (Wildman–Crippen MR) is 282 cm³/mol. The van der Waals surface area contributed by atoms with Crippen molar-refractivity contribution in [3.8, 4) is 66.8 Å². The lowest BCUT2D eigenvalue weighted by molar-refractivity contribution is 0.660. The Balaban J connectivity index is 0.922. The minimum Gasteiger partial charge on any atom is -0.310 e. The van der Waals surface area contributed by atoms with Crippen molar-refractivity contribution in [2.45, 2.75) is 38.5 Å². The van der Waals surface area contributed by atoms with E-state index in [9.17, 15) is 0 Å². The van der Waals surface area contributed by atoms with Crippen LogP contribution in [0.3, 0.4) is 0 Å². The van der Waals surface area contributed by atoms with Crippen molar-refractivity contribution in [2.75, 3.05) is 4.90 Å². The van der Waals surface area contributed by atoms with Crippen molar-refractivity contribution in [1.29, 1.82) is 0 Å². The van der Waals surface area contributed by atoms with Crippen molar-refractivity contribution in [1.82, 2.24) is 0 Å². The Kier molecular flexibility index (Phi) is 7.74. The van der Waals surface area contributed by atoms with E-state index in [2.05, 4.69) is 233 Å². The Morgan fingerprint density at radius 2 is 0.788 bits per heavy atom. The zero-order chi connectivity index (χ0) is 44.1. The molecule has 11 aromatic rings. The Hall–Kier alpha value is -7.52. The Labute approximate surface area is 389 Å². The molecule has 3 aliphatic carbocycles. The molecule has 66 heavy (non-hydrogen) atoms. The van der Waals surface area contributed by atoms with Crippen LogP contribution in [0.25, 0.3) is 97.7 Å². The van der Waals surface area contributed by atoms with Crippen molar-refractivity contribution >= 4 is 59.3 Å². The first-order valence-electron chi connectivity index (χ1n) is 23.2. The van der Waals surface area contributed by atoms with E-state index in [0.29, 0.717) is 0 Å². The molecule has 0 fully saturated rings. The highest BCUT2D eigenvalue weighted by Crippen LogP contribution is 2.56. The third-order valence-corrected chi connectivity index (χ3v) is 16.6. The lowest BCUT2D eigenvalue weighted by Crippen LogP contribution is -2.18. The van der Waals surface area contributed by atoms with Gasteiger partial charge in [0, 0.05) is 47.8 Å². The van der Waals surface area contributed by atoms with Gasteiger partial charge in [0.25, 0.3) is 0 Å². The van der Waals surface area contributed by atoms with E-state index < -0.39 is 0 Å². The second-order valence-corrected chi connectivity index (χ2v) is 20.7. The van der Waals surface area contributed by atoms with Gasteiger partial charge in [-0.15, -0.1) is 11.3 Å². The van der Waals surface area contributed by atoms with Gasteiger partial charge in [0.1, 0.15) is 0 Å². The molecular weight excluding hydrogens is 815 g/mol. The van der Waals surface area contributed by atoms with Gasteiger partial charge >= 0.3 is 0 Å². The number of hydrogen-bond donors (Lipinski definition) is 0. The molecule has 0 spiro atoms. The summed E-state index contributed by atoms with van der Waals surface area (Å²) in [4.78, 5) is 2.55. The first-order chi connectivity index (χ1) is 32.2. The summed E-state index contributed by atoms with van der Waals surface area (Å²) in [5.41, 5.74) is 24.2. The highest BCUT2D eigenvalue weighted by atomic mass is 32.1. The van der Waals surface area contributed by atoms with E-state index in [1.807, 2.05) is 11.3 Å². The maximum Gasteiger partial charge on any atom is 0.0540 e. The molecule has 1 heterocycles. The van der Waals surface area contributed by atoms with Crippen LogP contribution < -0.4 is 4.90 Å². The largest absolute Gasteiger partial charge is 0.310 e. The lowest BCUT2D eigenvalue weighted by atomic mass is 9.81. The molecule has 1 nitrogen and oxygen atoms in total. The molecule has 0 saturated carbocycles. The first-order valence-corrected chi connectivity index (χ1v) is 24.1. The van der Waals surface area contributed by atoms with Gasteiger partial charge in [-0.3, -0.25) is 0 Å². The fourth-order valence-corrected chi connectivity index (χ4v) is 13.1. The first kappa shape index (κ1) is 37.8. The number of nitrogens with zero attached hydrogens (tertiary/aromatic N) is 1. The Morgan fingerprint density at radius 3 is 1.45 bits per heavy atom. The van der Waals surface area contributed by atoms with E-state index in [4.69, 9.17) is 0 Å². The van der Waals surface area contributed by atoms with Gasteiger partial charge in [-0.05, 0) is 155 Å². The molecule has 0 saturated heterocycles. The quantitative estimate of drug-likeness (QED) is 0.167. The molecule has 0 amide bonds. The summed E-state index contributed by atoms with van der Waals surface area (Å²) >= 11 is 1.88. The SMILES string of the molecule is CC1(C)c2cc(-c3ccccc3)ccc2-c2ccc(N(c3ccc4c(c3)C(C)(C)c3cc(-c5ccc6sc7ccccc7c6c5)ccc3-4)c3ccc4c5c(cccc35)-c3ccccc3-4)cc21. The molecule has 14 rings (SSSR count). The Morgan fingerprint density at radius 1 is 0.318 bits per heavy atom. The Bertz CT molecular complexity index is 3850. The summed E-state index contributed by atoms with van der Waals surface area (Å²) in [5.74, 6) is 0. The molecule has 0 atom stereocenters. The van der Waals surface area contributed by atoms with Crippen LogP contribution in [0.5, 0.6) is 0 Å². The van der Waals surface area contributed by atoms with E-state index in [1.165, 1.54) is 137 Å². The van der Waals surface area contributed by atoms with Crippen LogP contribution >= 0.6 is 11.3 Å². The van der Waals surface area contributed by atoms with Crippen LogP contribution in [0.15, 0.2) is 200 Å². The molecule has 2 heteroatoms. The van der Waals surface area contributed by atoms with Crippen LogP contribution in [-0.2, 0) is 10.8 Å². The molecule has 0 N–H and O–H groups in total. The highest BCUT2D eigenvalue weighted by Gasteiger charge is 2.39. The average Bonchev–Trinajstić information content (AvgIpc) is 4.03. The average molecular weight is 860 g/mol. The maximum atomic E-state index is 2.55. The second kappa shape index (κ2) is 13.5. The number of thiophene rings is 1. The van der Waals surface area contributed by atoms with Gasteiger partial charge in [0.15, 0.2) is 0 Å². The summed E-state index contributed by atoms with van der Waals surface area (Å²) in [6.45, 7) is 9.64. The van der Waals surface area contributed by atoms with Gasteiger partial charge in [-0.2, -0.15) is 0 Å². The van der Waals surface area contributed by atoms with Gasteiger partial charge in [0.2, 0.25) is 0 Å². The smallest absolute Gasteiger partial charge is 0.0540 e.